The number of rotatable bonds is 2. The lowest BCUT2D eigenvalue weighted by Crippen LogP contribution is -2.15. The maximum Gasteiger partial charge on any atom is 0.307 e. The van der Waals surface area contributed by atoms with Crippen molar-refractivity contribution in [3.8, 4) is 6.07 Å². The van der Waals surface area contributed by atoms with Crippen molar-refractivity contribution in [2.45, 2.75) is 20.4 Å². The van der Waals surface area contributed by atoms with E-state index in [4.69, 9.17) is 5.26 Å². The summed E-state index contributed by atoms with van der Waals surface area (Å²) in [6.45, 7) is 4.03. The molecule has 0 bridgehead atoms. The number of hydrogen-bond acceptors (Lipinski definition) is 3. The Labute approximate surface area is 108 Å². The van der Waals surface area contributed by atoms with Crippen LogP contribution in [0, 0.1) is 31.0 Å². The quantitative estimate of drug-likeness (QED) is 0.835. The Kier molecular flexibility index (Phi) is 3.30. The van der Waals surface area contributed by atoms with Crippen molar-refractivity contribution in [2.75, 3.05) is 0 Å². The third kappa shape index (κ3) is 2.34. The summed E-state index contributed by atoms with van der Waals surface area (Å²) in [6, 6.07) is 6.03. The first-order valence-corrected chi connectivity index (χ1v) is 6.19. The van der Waals surface area contributed by atoms with Crippen molar-refractivity contribution < 1.29 is 4.39 Å². The number of nitrogens with zero attached hydrogens (tertiary/aromatic N) is 2. The molecule has 18 heavy (non-hydrogen) atoms. The van der Waals surface area contributed by atoms with E-state index in [1.165, 1.54) is 23.5 Å². The summed E-state index contributed by atoms with van der Waals surface area (Å²) >= 11 is 1.18. The van der Waals surface area contributed by atoms with Crippen LogP contribution in [0.25, 0.3) is 0 Å². The van der Waals surface area contributed by atoms with Crippen LogP contribution in [0.5, 0.6) is 0 Å². The van der Waals surface area contributed by atoms with E-state index >= 15 is 0 Å². The van der Waals surface area contributed by atoms with Crippen LogP contribution in [0.4, 0.5) is 4.39 Å². The molecule has 2 rings (SSSR count). The second kappa shape index (κ2) is 4.75. The third-order valence-electron chi connectivity index (χ3n) is 2.80. The highest BCUT2D eigenvalue weighted by atomic mass is 32.1. The van der Waals surface area contributed by atoms with Crippen LogP contribution in [0.2, 0.25) is 0 Å². The number of thiazole rings is 1. The van der Waals surface area contributed by atoms with Crippen molar-refractivity contribution in [3.63, 3.8) is 0 Å². The number of aromatic nitrogens is 1. The fourth-order valence-corrected chi connectivity index (χ4v) is 2.59. The first-order valence-electron chi connectivity index (χ1n) is 5.37. The molecule has 0 saturated carbocycles. The Bertz CT molecular complexity index is 694. The molecule has 0 fully saturated rings. The molecule has 0 N–H and O–H groups in total. The summed E-state index contributed by atoms with van der Waals surface area (Å²) in [5.41, 5.74) is 1.77. The molecule has 1 aromatic carbocycles. The smallest absolute Gasteiger partial charge is 0.299 e. The molecule has 0 atom stereocenters. The predicted octanol–water partition coefficient (Wildman–Crippen LogP) is 2.59. The van der Waals surface area contributed by atoms with Crippen LogP contribution in [0.3, 0.4) is 0 Å². The Hall–Kier alpha value is -1.93. The molecule has 5 heteroatoms. The van der Waals surface area contributed by atoms with Gasteiger partial charge in [-0.3, -0.25) is 9.36 Å². The molecule has 0 saturated heterocycles. The molecular weight excluding hydrogens is 251 g/mol. The molecule has 0 aliphatic heterocycles. The predicted molar refractivity (Wildman–Crippen MR) is 68.3 cm³/mol. The van der Waals surface area contributed by atoms with Gasteiger partial charge in [0.1, 0.15) is 5.82 Å². The topological polar surface area (TPSA) is 45.8 Å². The van der Waals surface area contributed by atoms with Gasteiger partial charge in [0.05, 0.1) is 18.2 Å². The van der Waals surface area contributed by atoms with Crippen molar-refractivity contribution in [1.29, 1.82) is 5.26 Å². The molecule has 0 aliphatic rings. The average Bonchev–Trinajstić information content (AvgIpc) is 2.55. The number of halogens is 1. The van der Waals surface area contributed by atoms with Gasteiger partial charge < -0.3 is 0 Å². The Balaban J connectivity index is 2.43. The Morgan fingerprint density at radius 1 is 1.39 bits per heavy atom. The van der Waals surface area contributed by atoms with Gasteiger partial charge in [-0.2, -0.15) is 5.26 Å². The molecule has 0 aliphatic carbocycles. The van der Waals surface area contributed by atoms with E-state index in [9.17, 15) is 9.18 Å². The first kappa shape index (κ1) is 12.5. The summed E-state index contributed by atoms with van der Waals surface area (Å²) in [6.07, 6.45) is 0. The van der Waals surface area contributed by atoms with Crippen molar-refractivity contribution in [3.05, 3.63) is 55.4 Å². The highest BCUT2D eigenvalue weighted by Crippen LogP contribution is 2.14. The summed E-state index contributed by atoms with van der Waals surface area (Å²) < 4.78 is 14.9. The zero-order valence-corrected chi connectivity index (χ0v) is 10.8. The molecule has 2 aromatic rings. The number of nitriles is 1. The third-order valence-corrected chi connectivity index (χ3v) is 3.80. The van der Waals surface area contributed by atoms with E-state index < -0.39 is 5.82 Å². The molecule has 3 nitrogen and oxygen atoms in total. The number of hydrogen-bond donors (Lipinski definition) is 0. The number of aryl methyl sites for hydroxylation is 1. The summed E-state index contributed by atoms with van der Waals surface area (Å²) in [5.74, 6) is -0.457. The van der Waals surface area contributed by atoms with E-state index in [-0.39, 0.29) is 10.4 Å². The van der Waals surface area contributed by atoms with Crippen molar-refractivity contribution >= 4 is 11.3 Å². The lowest BCUT2D eigenvalue weighted by Gasteiger charge is -2.06. The molecule has 1 heterocycles. The van der Waals surface area contributed by atoms with Crippen LogP contribution in [-0.4, -0.2) is 4.57 Å². The highest BCUT2D eigenvalue weighted by molar-refractivity contribution is 7.09. The minimum atomic E-state index is -0.457. The summed E-state index contributed by atoms with van der Waals surface area (Å²) in [7, 11) is 0. The zero-order chi connectivity index (χ0) is 13.3. The zero-order valence-electron chi connectivity index (χ0n) is 10.0. The Morgan fingerprint density at radius 3 is 2.67 bits per heavy atom. The van der Waals surface area contributed by atoms with Gasteiger partial charge in [-0.25, -0.2) is 4.39 Å². The minimum Gasteiger partial charge on any atom is -0.299 e. The molecule has 0 unspecified atom stereocenters. The van der Waals surface area contributed by atoms with Gasteiger partial charge in [-0.1, -0.05) is 11.3 Å². The fraction of sp³-hybridized carbons (Fsp3) is 0.231. The first-order chi connectivity index (χ1) is 8.51. The molecule has 92 valence electrons. The van der Waals surface area contributed by atoms with E-state index in [1.54, 1.807) is 10.6 Å². The maximum atomic E-state index is 13.3. The monoisotopic (exact) mass is 262 g/mol. The summed E-state index contributed by atoms with van der Waals surface area (Å²) in [5, 5.41) is 8.78. The van der Waals surface area contributed by atoms with E-state index in [0.29, 0.717) is 12.1 Å². The van der Waals surface area contributed by atoms with Crippen LogP contribution in [0.1, 0.15) is 21.7 Å². The second-order valence-corrected chi connectivity index (χ2v) is 5.22. The maximum absolute atomic E-state index is 13.3. The normalized spacial score (nSPS) is 10.3. The van der Waals surface area contributed by atoms with Crippen LogP contribution < -0.4 is 4.87 Å². The average molecular weight is 262 g/mol. The van der Waals surface area contributed by atoms with Gasteiger partial charge in [0.2, 0.25) is 0 Å². The van der Waals surface area contributed by atoms with Gasteiger partial charge in [-0.15, -0.1) is 0 Å². The van der Waals surface area contributed by atoms with Crippen LogP contribution >= 0.6 is 11.3 Å². The van der Waals surface area contributed by atoms with Gasteiger partial charge in [0.15, 0.2) is 0 Å². The summed E-state index contributed by atoms with van der Waals surface area (Å²) in [4.78, 5) is 12.6. The highest BCUT2D eigenvalue weighted by Gasteiger charge is 2.09. The second-order valence-electron chi connectivity index (χ2n) is 4.06. The standard InChI is InChI=1S/C13H11FN2OS/c1-8-9(2)18-13(17)16(8)7-11-3-10(6-15)4-12(14)5-11/h3-5H,7H2,1-2H3. The van der Waals surface area contributed by atoms with Gasteiger partial charge >= 0.3 is 4.87 Å². The molecule has 0 amide bonds. The molecular formula is C13H11FN2OS. The van der Waals surface area contributed by atoms with Gasteiger partial charge in [-0.05, 0) is 37.6 Å². The molecule has 0 spiro atoms. The fourth-order valence-electron chi connectivity index (χ4n) is 1.76. The van der Waals surface area contributed by atoms with Crippen molar-refractivity contribution in [2.24, 2.45) is 0 Å². The van der Waals surface area contributed by atoms with Crippen LogP contribution in [0.15, 0.2) is 23.0 Å². The molecule has 0 radical (unpaired) electrons. The molecule has 1 aromatic heterocycles. The van der Waals surface area contributed by atoms with E-state index in [2.05, 4.69) is 0 Å². The van der Waals surface area contributed by atoms with Gasteiger partial charge in [0, 0.05) is 10.6 Å². The number of benzene rings is 1. The van der Waals surface area contributed by atoms with E-state index in [0.717, 1.165) is 10.6 Å². The van der Waals surface area contributed by atoms with Crippen molar-refractivity contribution in [1.82, 2.24) is 4.57 Å². The van der Waals surface area contributed by atoms with Gasteiger partial charge in [0.25, 0.3) is 0 Å². The lowest BCUT2D eigenvalue weighted by atomic mass is 10.1. The minimum absolute atomic E-state index is 0.0623. The SMILES string of the molecule is Cc1sc(=O)n(Cc2cc(F)cc(C#N)c2)c1C. The lowest BCUT2D eigenvalue weighted by molar-refractivity contribution is 0.622. The Morgan fingerprint density at radius 2 is 2.11 bits per heavy atom. The van der Waals surface area contributed by atoms with Crippen LogP contribution in [-0.2, 0) is 6.54 Å². The largest absolute Gasteiger partial charge is 0.307 e. The van der Waals surface area contributed by atoms with E-state index in [1.807, 2.05) is 19.9 Å².